The molecule has 1 aromatic rings. The maximum absolute atomic E-state index is 11.5. The first-order valence-corrected chi connectivity index (χ1v) is 4.67. The third-order valence-electron chi connectivity index (χ3n) is 1.52. The molecule has 0 fully saturated rings. The van der Waals surface area contributed by atoms with E-state index in [4.69, 9.17) is 4.74 Å². The van der Waals surface area contributed by atoms with Gasteiger partial charge in [0.05, 0.1) is 5.69 Å². The molecule has 1 radical (unpaired) electrons. The molecule has 0 amide bonds. The van der Waals surface area contributed by atoms with Gasteiger partial charge in [0.15, 0.2) is 0 Å². The normalized spacial score (nSPS) is 10.9. The average Bonchev–Trinajstić information content (AvgIpc) is 2.60. The summed E-state index contributed by atoms with van der Waals surface area (Å²) in [5.74, 6) is 0. The maximum atomic E-state index is 11.5. The average molecular weight is 225 g/mol. The second-order valence-electron chi connectivity index (χ2n) is 4.12. The van der Waals surface area contributed by atoms with Crippen LogP contribution in [0, 0.1) is 0 Å². The summed E-state index contributed by atoms with van der Waals surface area (Å²) in [6.45, 7) is 6.58. The molecule has 0 aromatic carbocycles. The van der Waals surface area contributed by atoms with Crippen LogP contribution in [0.25, 0.3) is 0 Å². The van der Waals surface area contributed by atoms with Crippen LogP contribution in [0.5, 0.6) is 0 Å². The van der Waals surface area contributed by atoms with Gasteiger partial charge in [-0.1, -0.05) is 0 Å². The molecule has 0 saturated heterocycles. The van der Waals surface area contributed by atoms with Crippen molar-refractivity contribution >= 4 is 12.6 Å². The Balaban J connectivity index is 2.63. The first-order chi connectivity index (χ1) is 7.42. The number of carbonyl (C=O) groups is 1. The number of imidazole rings is 1. The van der Waals surface area contributed by atoms with E-state index < -0.39 is 11.7 Å². The molecule has 0 aliphatic carbocycles. The molecule has 0 atom stereocenters. The zero-order valence-electron chi connectivity index (χ0n) is 9.39. The number of carbonyl (C=O) groups excluding carboxylic acids is 2. The molecule has 16 heavy (non-hydrogen) atoms. The molecular formula is C10H13N2O4. The first-order valence-electron chi connectivity index (χ1n) is 4.67. The summed E-state index contributed by atoms with van der Waals surface area (Å²) in [6, 6.07) is 0. The highest BCUT2D eigenvalue weighted by Crippen LogP contribution is 2.09. The summed E-state index contributed by atoms with van der Waals surface area (Å²) in [4.78, 5) is 25.2. The molecule has 0 saturated carbocycles. The van der Waals surface area contributed by atoms with Gasteiger partial charge in [0.1, 0.15) is 18.5 Å². The molecule has 1 heterocycles. The third kappa shape index (κ3) is 3.72. The zero-order valence-corrected chi connectivity index (χ0v) is 9.39. The molecule has 0 bridgehead atoms. The topological polar surface area (TPSA) is 70.4 Å². The van der Waals surface area contributed by atoms with E-state index in [9.17, 15) is 9.59 Å². The van der Waals surface area contributed by atoms with Crippen LogP contribution in [0.3, 0.4) is 0 Å². The van der Waals surface area contributed by atoms with Gasteiger partial charge in [-0.2, -0.15) is 0 Å². The van der Waals surface area contributed by atoms with Crippen LogP contribution in [-0.2, 0) is 20.9 Å². The molecule has 0 N–H and O–H groups in total. The first kappa shape index (κ1) is 12.2. The number of hydrogen-bond donors (Lipinski definition) is 0. The Labute approximate surface area is 93.2 Å². The number of ether oxygens (including phenoxy) is 2. The van der Waals surface area contributed by atoms with Gasteiger partial charge in [-0.05, 0) is 20.8 Å². The fraction of sp³-hybridized carbons (Fsp3) is 0.500. The third-order valence-corrected chi connectivity index (χ3v) is 1.52. The highest BCUT2D eigenvalue weighted by atomic mass is 16.6. The Hall–Kier alpha value is -1.85. The lowest BCUT2D eigenvalue weighted by molar-refractivity contribution is 0.0536. The summed E-state index contributed by atoms with van der Waals surface area (Å²) in [5.41, 5.74) is -0.108. The van der Waals surface area contributed by atoms with Crippen molar-refractivity contribution in [3.8, 4) is 0 Å². The maximum Gasteiger partial charge on any atom is 0.419 e. The standard InChI is InChI=1S/C10H13N2O4/c1-10(2,3)16-9(14)12-4-8(11-6-12)5-15-7-13/h4,6H,5H2,1-3H3. The van der Waals surface area contributed by atoms with Crippen LogP contribution in [0.4, 0.5) is 4.79 Å². The van der Waals surface area contributed by atoms with Crippen molar-refractivity contribution in [2.75, 3.05) is 0 Å². The second kappa shape index (κ2) is 4.78. The van der Waals surface area contributed by atoms with Crippen molar-refractivity contribution < 1.29 is 19.1 Å². The van der Waals surface area contributed by atoms with Crippen LogP contribution in [-0.4, -0.2) is 27.7 Å². The Kier molecular flexibility index (Phi) is 3.65. The van der Waals surface area contributed by atoms with Crippen molar-refractivity contribution in [1.29, 1.82) is 0 Å². The minimum Gasteiger partial charge on any atom is -0.451 e. The number of hydrogen-bond acceptors (Lipinski definition) is 5. The number of nitrogens with zero attached hydrogens (tertiary/aromatic N) is 2. The van der Waals surface area contributed by atoms with Crippen molar-refractivity contribution in [3.05, 3.63) is 18.2 Å². The van der Waals surface area contributed by atoms with Crippen molar-refractivity contribution in [2.45, 2.75) is 33.0 Å². The molecule has 0 aliphatic heterocycles. The van der Waals surface area contributed by atoms with E-state index in [1.165, 1.54) is 23.6 Å². The Morgan fingerprint density at radius 2 is 2.25 bits per heavy atom. The van der Waals surface area contributed by atoms with E-state index >= 15 is 0 Å². The molecule has 1 aromatic heterocycles. The minimum atomic E-state index is -0.561. The lowest BCUT2D eigenvalue weighted by Gasteiger charge is -2.18. The van der Waals surface area contributed by atoms with Gasteiger partial charge in [0.2, 0.25) is 0 Å². The van der Waals surface area contributed by atoms with Gasteiger partial charge < -0.3 is 9.47 Å². The monoisotopic (exact) mass is 225 g/mol. The molecule has 6 nitrogen and oxygen atoms in total. The fourth-order valence-corrected chi connectivity index (χ4v) is 0.956. The quantitative estimate of drug-likeness (QED) is 0.774. The lowest BCUT2D eigenvalue weighted by Crippen LogP contribution is -2.26. The minimum absolute atomic E-state index is 0.0146. The number of rotatable bonds is 3. The summed E-state index contributed by atoms with van der Waals surface area (Å²) in [6.07, 6.45) is 2.21. The van der Waals surface area contributed by atoms with Crippen molar-refractivity contribution in [2.24, 2.45) is 0 Å². The zero-order chi connectivity index (χ0) is 12.2. The van der Waals surface area contributed by atoms with Gasteiger partial charge in [0, 0.05) is 6.20 Å². The van der Waals surface area contributed by atoms with Gasteiger partial charge >= 0.3 is 12.6 Å². The Bertz CT molecular complexity index is 378. The van der Waals surface area contributed by atoms with E-state index in [0.29, 0.717) is 5.69 Å². The number of aromatic nitrogens is 2. The molecule has 1 rings (SSSR count). The highest BCUT2D eigenvalue weighted by Gasteiger charge is 2.17. The van der Waals surface area contributed by atoms with Gasteiger partial charge in [-0.15, -0.1) is 0 Å². The predicted molar refractivity (Wildman–Crippen MR) is 54.3 cm³/mol. The molecule has 6 heteroatoms. The van der Waals surface area contributed by atoms with Crippen LogP contribution < -0.4 is 0 Å². The van der Waals surface area contributed by atoms with E-state index in [1.807, 2.05) is 0 Å². The summed E-state index contributed by atoms with van der Waals surface area (Å²) in [7, 11) is 0. The van der Waals surface area contributed by atoms with Crippen LogP contribution in [0.2, 0.25) is 0 Å². The van der Waals surface area contributed by atoms with E-state index in [0.717, 1.165) is 0 Å². The fourth-order valence-electron chi connectivity index (χ4n) is 0.956. The molecular weight excluding hydrogens is 212 g/mol. The van der Waals surface area contributed by atoms with Crippen LogP contribution in [0.1, 0.15) is 26.5 Å². The van der Waals surface area contributed by atoms with Crippen molar-refractivity contribution in [3.63, 3.8) is 0 Å². The van der Waals surface area contributed by atoms with E-state index in [-0.39, 0.29) is 6.61 Å². The molecule has 0 aliphatic rings. The SMILES string of the molecule is CC(C)(C)OC(=O)n1cnc(CO[C]=O)c1. The molecule has 0 spiro atoms. The van der Waals surface area contributed by atoms with Gasteiger partial charge in [0.25, 0.3) is 0 Å². The molecule has 0 unspecified atom stereocenters. The van der Waals surface area contributed by atoms with Gasteiger partial charge in [-0.25, -0.2) is 19.1 Å². The molecule has 87 valence electrons. The van der Waals surface area contributed by atoms with E-state index in [1.54, 1.807) is 20.8 Å². The van der Waals surface area contributed by atoms with E-state index in [2.05, 4.69) is 9.72 Å². The Morgan fingerprint density at radius 1 is 1.56 bits per heavy atom. The largest absolute Gasteiger partial charge is 0.451 e. The lowest BCUT2D eigenvalue weighted by atomic mass is 10.2. The highest BCUT2D eigenvalue weighted by molar-refractivity contribution is 5.70. The summed E-state index contributed by atoms with van der Waals surface area (Å²) < 4.78 is 10.7. The van der Waals surface area contributed by atoms with Crippen molar-refractivity contribution in [1.82, 2.24) is 9.55 Å². The Morgan fingerprint density at radius 3 is 2.81 bits per heavy atom. The predicted octanol–water partition coefficient (Wildman–Crippen LogP) is 1.25. The summed E-state index contributed by atoms with van der Waals surface area (Å²) in [5, 5.41) is 0. The smallest absolute Gasteiger partial charge is 0.419 e. The van der Waals surface area contributed by atoms with Crippen LogP contribution >= 0.6 is 0 Å². The second-order valence-corrected chi connectivity index (χ2v) is 4.12. The van der Waals surface area contributed by atoms with Gasteiger partial charge in [-0.3, -0.25) is 0 Å². The van der Waals surface area contributed by atoms with Crippen LogP contribution in [0.15, 0.2) is 12.5 Å². The summed E-state index contributed by atoms with van der Waals surface area (Å²) >= 11 is 0.